The van der Waals surface area contributed by atoms with E-state index in [1.165, 1.54) is 0 Å². The molecule has 2 aromatic carbocycles. The summed E-state index contributed by atoms with van der Waals surface area (Å²) in [4.78, 5) is 32.3. The Morgan fingerprint density at radius 2 is 1.88 bits per heavy atom. The van der Waals surface area contributed by atoms with E-state index in [1.807, 2.05) is 43.8 Å². The molecule has 0 radical (unpaired) electrons. The molecule has 4 heterocycles. The van der Waals surface area contributed by atoms with Gasteiger partial charge in [0.05, 0.1) is 22.9 Å². The minimum Gasteiger partial charge on any atom is -0.444 e. The molecule has 0 bridgehead atoms. The van der Waals surface area contributed by atoms with Crippen LogP contribution in [-0.4, -0.2) is 64.1 Å². The fourth-order valence-corrected chi connectivity index (χ4v) is 6.16. The molecule has 9 nitrogen and oxygen atoms in total. The van der Waals surface area contributed by atoms with Crippen LogP contribution in [0.4, 0.5) is 10.5 Å². The van der Waals surface area contributed by atoms with Crippen molar-refractivity contribution < 1.29 is 14.3 Å². The summed E-state index contributed by atoms with van der Waals surface area (Å²) in [7, 11) is 0. The normalized spacial score (nSPS) is 18.3. The molecule has 41 heavy (non-hydrogen) atoms. The topological polar surface area (TPSA) is 92.7 Å². The monoisotopic (exact) mass is 577 g/mol. The van der Waals surface area contributed by atoms with Crippen molar-refractivity contribution in [2.45, 2.75) is 58.8 Å². The van der Waals surface area contributed by atoms with Gasteiger partial charge in [0, 0.05) is 60.2 Å². The van der Waals surface area contributed by atoms with E-state index in [0.29, 0.717) is 36.7 Å². The zero-order valence-electron chi connectivity index (χ0n) is 24.0. The van der Waals surface area contributed by atoms with Crippen LogP contribution in [0.25, 0.3) is 32.9 Å². The SMILES string of the molecule is Cc1ccc2c(cnn2C2CCCCO2)c1-c1cc2[nH]c(=O)cc(N3CCN(C(=O)OC(C)(C)C)CC3)c2cc1Cl. The van der Waals surface area contributed by atoms with Crippen molar-refractivity contribution in [1.82, 2.24) is 19.7 Å². The third-order valence-corrected chi connectivity index (χ3v) is 8.18. The molecule has 2 aliphatic rings. The Morgan fingerprint density at radius 1 is 1.10 bits per heavy atom. The second-order valence-corrected chi connectivity index (χ2v) is 12.4. The zero-order valence-corrected chi connectivity index (χ0v) is 24.8. The van der Waals surface area contributed by atoms with Crippen LogP contribution in [-0.2, 0) is 9.47 Å². The first kappa shape index (κ1) is 27.6. The molecule has 2 saturated heterocycles. The third kappa shape index (κ3) is 5.40. The minimum absolute atomic E-state index is 0.0708. The summed E-state index contributed by atoms with van der Waals surface area (Å²) in [6.07, 6.45) is 4.63. The first-order valence-corrected chi connectivity index (χ1v) is 14.6. The number of pyridine rings is 1. The predicted molar refractivity (Wildman–Crippen MR) is 162 cm³/mol. The van der Waals surface area contributed by atoms with E-state index in [1.54, 1.807) is 11.0 Å². The molecule has 0 spiro atoms. The number of aromatic amines is 1. The second-order valence-electron chi connectivity index (χ2n) is 12.0. The number of nitrogens with zero attached hydrogens (tertiary/aromatic N) is 4. The number of benzene rings is 2. The highest BCUT2D eigenvalue weighted by Gasteiger charge is 2.27. The number of nitrogens with one attached hydrogen (secondary N) is 1. The van der Waals surface area contributed by atoms with Crippen LogP contribution in [0.5, 0.6) is 0 Å². The molecule has 1 atom stereocenters. The first-order valence-electron chi connectivity index (χ1n) is 14.3. The Kier molecular flexibility index (Phi) is 7.20. The molecule has 216 valence electrons. The molecule has 2 aliphatic heterocycles. The molecule has 1 amide bonds. The van der Waals surface area contributed by atoms with Crippen molar-refractivity contribution in [2.24, 2.45) is 0 Å². The number of hydrogen-bond donors (Lipinski definition) is 1. The van der Waals surface area contributed by atoms with Gasteiger partial charge in [-0.15, -0.1) is 0 Å². The lowest BCUT2D eigenvalue weighted by Crippen LogP contribution is -2.50. The molecule has 2 aromatic heterocycles. The van der Waals surface area contributed by atoms with Crippen molar-refractivity contribution in [1.29, 1.82) is 0 Å². The molecule has 4 aromatic rings. The van der Waals surface area contributed by atoms with Gasteiger partial charge in [0.2, 0.25) is 5.56 Å². The number of rotatable bonds is 3. The molecule has 0 saturated carbocycles. The Balaban J connectivity index is 1.35. The van der Waals surface area contributed by atoms with Gasteiger partial charge in [0.15, 0.2) is 6.23 Å². The number of carbonyl (C=O) groups excluding carboxylic acids is 1. The van der Waals surface area contributed by atoms with Crippen LogP contribution in [0.2, 0.25) is 5.02 Å². The van der Waals surface area contributed by atoms with Gasteiger partial charge in [-0.05, 0) is 76.3 Å². The lowest BCUT2D eigenvalue weighted by Gasteiger charge is -2.37. The first-order chi connectivity index (χ1) is 19.6. The van der Waals surface area contributed by atoms with Crippen LogP contribution in [0, 0.1) is 6.92 Å². The maximum atomic E-state index is 12.8. The molecular formula is C31H36ClN5O4. The largest absolute Gasteiger partial charge is 0.444 e. The van der Waals surface area contributed by atoms with Crippen molar-refractivity contribution in [2.75, 3.05) is 37.7 Å². The number of halogens is 1. The summed E-state index contributed by atoms with van der Waals surface area (Å²) in [5.74, 6) is 0. The number of aromatic nitrogens is 3. The molecule has 6 rings (SSSR count). The van der Waals surface area contributed by atoms with Gasteiger partial charge in [-0.2, -0.15) is 5.10 Å². The van der Waals surface area contributed by atoms with E-state index in [9.17, 15) is 9.59 Å². The summed E-state index contributed by atoms with van der Waals surface area (Å²) in [6.45, 7) is 10.6. The average molecular weight is 578 g/mol. The number of amides is 1. The second kappa shape index (κ2) is 10.7. The average Bonchev–Trinajstić information content (AvgIpc) is 3.36. The Hall–Kier alpha value is -3.56. The van der Waals surface area contributed by atoms with E-state index in [2.05, 4.69) is 28.9 Å². The van der Waals surface area contributed by atoms with Crippen LogP contribution in [0.1, 0.15) is 51.8 Å². The lowest BCUT2D eigenvalue weighted by molar-refractivity contribution is -0.0366. The zero-order chi connectivity index (χ0) is 28.9. The summed E-state index contributed by atoms with van der Waals surface area (Å²) >= 11 is 7.01. The molecule has 1 N–H and O–H groups in total. The molecule has 10 heteroatoms. The van der Waals surface area contributed by atoms with Crippen LogP contribution >= 0.6 is 11.6 Å². The van der Waals surface area contributed by atoms with Crippen molar-refractivity contribution in [3.05, 3.63) is 57.5 Å². The standard InChI is InChI=1S/C31H36ClN5O4/c1-19-8-9-25-22(18-33-37(25)28-7-5-6-14-40-28)29(19)20-16-24-21(15-23(20)32)26(17-27(38)34-24)35-10-12-36(13-11-35)30(39)41-31(2,3)4/h8-9,15-18,28H,5-7,10-14H2,1-4H3,(H,34,38). The lowest BCUT2D eigenvalue weighted by atomic mass is 9.95. The van der Waals surface area contributed by atoms with Crippen LogP contribution < -0.4 is 10.5 Å². The van der Waals surface area contributed by atoms with E-state index < -0.39 is 5.60 Å². The Labute approximate surface area is 244 Å². The Bertz CT molecular complexity index is 1670. The summed E-state index contributed by atoms with van der Waals surface area (Å²) < 4.78 is 13.5. The third-order valence-electron chi connectivity index (χ3n) is 7.87. The quantitative estimate of drug-likeness (QED) is 0.309. The number of anilines is 1. The number of aryl methyl sites for hydroxylation is 1. The fourth-order valence-electron chi connectivity index (χ4n) is 5.90. The summed E-state index contributed by atoms with van der Waals surface area (Å²) in [6, 6.07) is 9.69. The van der Waals surface area contributed by atoms with Crippen molar-refractivity contribution >= 4 is 45.2 Å². The fraction of sp³-hybridized carbons (Fsp3) is 0.452. The molecule has 2 fully saturated rings. The van der Waals surface area contributed by atoms with Crippen molar-refractivity contribution in [3.8, 4) is 11.1 Å². The highest BCUT2D eigenvalue weighted by Crippen LogP contribution is 2.40. The van der Waals surface area contributed by atoms with Gasteiger partial charge in [-0.1, -0.05) is 17.7 Å². The molecule has 0 aliphatic carbocycles. The van der Waals surface area contributed by atoms with Gasteiger partial charge in [-0.25, -0.2) is 9.48 Å². The van der Waals surface area contributed by atoms with Crippen LogP contribution in [0.15, 0.2) is 41.3 Å². The van der Waals surface area contributed by atoms with Crippen molar-refractivity contribution in [3.63, 3.8) is 0 Å². The van der Waals surface area contributed by atoms with Gasteiger partial charge in [0.1, 0.15) is 5.60 Å². The van der Waals surface area contributed by atoms with Gasteiger partial charge in [-0.3, -0.25) is 4.79 Å². The summed E-state index contributed by atoms with van der Waals surface area (Å²) in [5.41, 5.74) is 4.68. The van der Waals surface area contributed by atoms with Gasteiger partial charge < -0.3 is 24.3 Å². The predicted octanol–water partition coefficient (Wildman–Crippen LogP) is 6.26. The Morgan fingerprint density at radius 3 is 2.59 bits per heavy atom. The number of ether oxygens (including phenoxy) is 2. The van der Waals surface area contributed by atoms with E-state index in [0.717, 1.165) is 64.5 Å². The highest BCUT2D eigenvalue weighted by atomic mass is 35.5. The van der Waals surface area contributed by atoms with E-state index in [4.69, 9.17) is 26.2 Å². The van der Waals surface area contributed by atoms with Gasteiger partial charge in [0.25, 0.3) is 0 Å². The van der Waals surface area contributed by atoms with E-state index >= 15 is 0 Å². The number of carbonyl (C=O) groups is 1. The number of piperazine rings is 1. The summed E-state index contributed by atoms with van der Waals surface area (Å²) in [5, 5.41) is 7.16. The highest BCUT2D eigenvalue weighted by molar-refractivity contribution is 6.35. The molecular weight excluding hydrogens is 542 g/mol. The number of H-pyrrole nitrogens is 1. The number of hydrogen-bond acceptors (Lipinski definition) is 6. The smallest absolute Gasteiger partial charge is 0.410 e. The maximum Gasteiger partial charge on any atom is 0.410 e. The van der Waals surface area contributed by atoms with E-state index in [-0.39, 0.29) is 17.9 Å². The molecule has 1 unspecified atom stereocenters. The van der Waals surface area contributed by atoms with Gasteiger partial charge >= 0.3 is 6.09 Å². The number of fused-ring (bicyclic) bond motifs is 2. The minimum atomic E-state index is -0.545. The van der Waals surface area contributed by atoms with Crippen LogP contribution in [0.3, 0.4) is 0 Å². The maximum absolute atomic E-state index is 12.8.